The molecule has 9 rings (SSSR count). The van der Waals surface area contributed by atoms with Crippen LogP contribution >= 0.6 is 11.3 Å². The number of thiophene rings is 1. The molecule has 0 atom stereocenters. The van der Waals surface area contributed by atoms with Gasteiger partial charge < -0.3 is 4.42 Å². The first-order valence-corrected chi connectivity index (χ1v) is 15.6. The predicted octanol–water partition coefficient (Wildman–Crippen LogP) is 10.8. The molecule has 0 unspecified atom stereocenters. The molecular weight excluding hydrogens is 553 g/mol. The van der Waals surface area contributed by atoms with Crippen molar-refractivity contribution in [3.63, 3.8) is 0 Å². The second-order valence-electron chi connectivity index (χ2n) is 11.4. The average Bonchev–Trinajstić information content (AvgIpc) is 3.59. The van der Waals surface area contributed by atoms with Crippen LogP contribution in [0.5, 0.6) is 0 Å². The van der Waals surface area contributed by atoms with Gasteiger partial charge in [0.05, 0.1) is 0 Å². The van der Waals surface area contributed by atoms with Gasteiger partial charge in [0, 0.05) is 25.4 Å². The van der Waals surface area contributed by atoms with Gasteiger partial charge in [0.25, 0.3) is 0 Å². The van der Waals surface area contributed by atoms with Gasteiger partial charge in [0.15, 0.2) is 0 Å². The Balaban J connectivity index is 1.29. The lowest BCUT2D eigenvalue weighted by molar-refractivity contribution is 0.669. The van der Waals surface area contributed by atoms with Crippen LogP contribution in [0.1, 0.15) is 5.56 Å². The Hall–Kier alpha value is -5.44. The van der Waals surface area contributed by atoms with Crippen molar-refractivity contribution in [1.82, 2.24) is 0 Å². The normalized spacial score (nSPS) is 12.4. The number of allylic oxidation sites excluding steroid dienone is 1. The van der Waals surface area contributed by atoms with Crippen LogP contribution in [0.4, 0.5) is 0 Å². The lowest BCUT2D eigenvalue weighted by Gasteiger charge is -2.17. The molecule has 0 aliphatic heterocycles. The number of hydrogen-bond acceptors (Lipinski definition) is 2. The molecule has 7 aromatic carbocycles. The standard InChI is InChI=1S/C42H26OS/c1-25(40-30-15-6-8-17-32(30)42(27-12-4-3-5-13-27)33-18-9-7-16-31(33)40)22-39-26(2)41-34-24-35-29-14-10-11-19-36(29)43-37(35)23-28(34)20-21-38(41)44-39/h3-24H,1-2H2/b39-22+. The average molecular weight is 579 g/mol. The minimum absolute atomic E-state index is 0.914. The van der Waals surface area contributed by atoms with Gasteiger partial charge in [-0.3, -0.25) is 0 Å². The van der Waals surface area contributed by atoms with Crippen molar-refractivity contribution in [3.8, 4) is 11.1 Å². The largest absolute Gasteiger partial charge is 0.456 e. The highest BCUT2D eigenvalue weighted by Crippen LogP contribution is 2.42. The fourth-order valence-electron chi connectivity index (χ4n) is 6.96. The van der Waals surface area contributed by atoms with E-state index in [4.69, 9.17) is 4.42 Å². The molecule has 0 aliphatic carbocycles. The SMILES string of the molecule is C=C(/C=c1/sc2ccc3cc4oc5ccccc5c4cc3c2c1=C)c1c2ccccc2c(-c2ccccc2)c2ccccc12. The van der Waals surface area contributed by atoms with Crippen LogP contribution in [-0.4, -0.2) is 0 Å². The fraction of sp³-hybridized carbons (Fsp3) is 0. The molecule has 2 heterocycles. The first kappa shape index (κ1) is 25.1. The van der Waals surface area contributed by atoms with Crippen molar-refractivity contribution in [2.24, 2.45) is 0 Å². The van der Waals surface area contributed by atoms with Crippen LogP contribution in [0.2, 0.25) is 0 Å². The Morgan fingerprint density at radius 3 is 1.95 bits per heavy atom. The summed E-state index contributed by atoms with van der Waals surface area (Å²) in [6.07, 6.45) is 2.24. The second kappa shape index (κ2) is 9.54. The van der Waals surface area contributed by atoms with Crippen molar-refractivity contribution in [2.45, 2.75) is 0 Å². The quantitative estimate of drug-likeness (QED) is 0.190. The van der Waals surface area contributed by atoms with Crippen LogP contribution in [0.3, 0.4) is 0 Å². The summed E-state index contributed by atoms with van der Waals surface area (Å²) in [5.74, 6) is 0. The molecule has 0 saturated heterocycles. The van der Waals surface area contributed by atoms with Crippen molar-refractivity contribution in [3.05, 3.63) is 149 Å². The summed E-state index contributed by atoms with van der Waals surface area (Å²) >= 11 is 1.78. The van der Waals surface area contributed by atoms with Crippen molar-refractivity contribution in [1.29, 1.82) is 0 Å². The van der Waals surface area contributed by atoms with Gasteiger partial charge in [0.1, 0.15) is 11.2 Å². The predicted molar refractivity (Wildman–Crippen MR) is 192 cm³/mol. The monoisotopic (exact) mass is 578 g/mol. The number of benzene rings is 7. The Morgan fingerprint density at radius 1 is 0.591 bits per heavy atom. The van der Waals surface area contributed by atoms with E-state index in [0.29, 0.717) is 0 Å². The van der Waals surface area contributed by atoms with E-state index in [0.717, 1.165) is 42.6 Å². The van der Waals surface area contributed by atoms with Gasteiger partial charge in [-0.2, -0.15) is 0 Å². The maximum Gasteiger partial charge on any atom is 0.136 e. The van der Waals surface area contributed by atoms with E-state index in [1.807, 2.05) is 12.1 Å². The van der Waals surface area contributed by atoms with Crippen LogP contribution in [0.15, 0.2) is 138 Å². The van der Waals surface area contributed by atoms with E-state index in [-0.39, 0.29) is 0 Å². The Kier molecular flexibility index (Phi) is 5.44. The zero-order valence-corrected chi connectivity index (χ0v) is 24.7. The lowest BCUT2D eigenvalue weighted by Crippen LogP contribution is -2.16. The van der Waals surface area contributed by atoms with E-state index in [1.54, 1.807) is 11.3 Å². The summed E-state index contributed by atoms with van der Waals surface area (Å²) in [7, 11) is 0. The first-order chi connectivity index (χ1) is 21.7. The number of para-hydroxylation sites is 1. The van der Waals surface area contributed by atoms with Gasteiger partial charge in [-0.25, -0.2) is 0 Å². The minimum atomic E-state index is 0.914. The van der Waals surface area contributed by atoms with Crippen LogP contribution < -0.4 is 9.75 Å². The minimum Gasteiger partial charge on any atom is -0.456 e. The zero-order valence-electron chi connectivity index (χ0n) is 23.9. The Morgan fingerprint density at radius 2 is 1.23 bits per heavy atom. The molecule has 0 radical (unpaired) electrons. The molecule has 0 N–H and O–H groups in total. The summed E-state index contributed by atoms with van der Waals surface area (Å²) in [6, 6.07) is 45.2. The van der Waals surface area contributed by atoms with Gasteiger partial charge in [-0.15, -0.1) is 11.3 Å². The fourth-order valence-corrected chi connectivity index (χ4v) is 8.09. The van der Waals surface area contributed by atoms with E-state index in [9.17, 15) is 0 Å². The highest BCUT2D eigenvalue weighted by molar-refractivity contribution is 7.17. The molecule has 2 heteroatoms. The number of furan rings is 1. The van der Waals surface area contributed by atoms with Crippen LogP contribution in [-0.2, 0) is 0 Å². The molecule has 2 aromatic heterocycles. The third kappa shape index (κ3) is 3.65. The van der Waals surface area contributed by atoms with E-state index in [2.05, 4.69) is 134 Å². The van der Waals surface area contributed by atoms with Crippen molar-refractivity contribution in [2.75, 3.05) is 0 Å². The van der Waals surface area contributed by atoms with Crippen LogP contribution in [0.25, 0.3) is 93.7 Å². The molecule has 0 saturated carbocycles. The van der Waals surface area contributed by atoms with E-state index < -0.39 is 0 Å². The molecule has 1 nitrogen and oxygen atoms in total. The smallest absolute Gasteiger partial charge is 0.136 e. The maximum absolute atomic E-state index is 6.19. The number of hydrogen-bond donors (Lipinski definition) is 0. The number of rotatable bonds is 3. The van der Waals surface area contributed by atoms with E-state index >= 15 is 0 Å². The zero-order chi connectivity index (χ0) is 29.4. The first-order valence-electron chi connectivity index (χ1n) is 14.8. The molecule has 9 aromatic rings. The van der Waals surface area contributed by atoms with E-state index in [1.165, 1.54) is 53.7 Å². The maximum atomic E-state index is 6.19. The third-order valence-electron chi connectivity index (χ3n) is 8.92. The van der Waals surface area contributed by atoms with Crippen molar-refractivity contribution >= 4 is 93.9 Å². The highest BCUT2D eigenvalue weighted by Gasteiger charge is 2.17. The molecule has 0 amide bonds. The summed E-state index contributed by atoms with van der Waals surface area (Å²) in [5.41, 5.74) is 6.47. The van der Waals surface area contributed by atoms with Gasteiger partial charge >= 0.3 is 0 Å². The number of fused-ring (bicyclic) bond motifs is 8. The summed E-state index contributed by atoms with van der Waals surface area (Å²) in [4.78, 5) is 0. The van der Waals surface area contributed by atoms with Crippen LogP contribution in [0, 0.1) is 0 Å². The van der Waals surface area contributed by atoms with Crippen molar-refractivity contribution < 1.29 is 4.42 Å². The molecule has 0 fully saturated rings. The summed E-state index contributed by atoms with van der Waals surface area (Å²) < 4.78 is 8.54. The molecule has 44 heavy (non-hydrogen) atoms. The van der Waals surface area contributed by atoms with Gasteiger partial charge in [0.2, 0.25) is 0 Å². The highest BCUT2D eigenvalue weighted by atomic mass is 32.1. The third-order valence-corrected chi connectivity index (χ3v) is 10.1. The topological polar surface area (TPSA) is 13.1 Å². The molecule has 0 bridgehead atoms. The summed E-state index contributed by atoms with van der Waals surface area (Å²) in [6.45, 7) is 9.30. The Bertz CT molecular complexity index is 2690. The molecule has 206 valence electrons. The molecule has 0 aliphatic rings. The second-order valence-corrected chi connectivity index (χ2v) is 12.5. The summed E-state index contributed by atoms with van der Waals surface area (Å²) in [5, 5.41) is 11.8. The van der Waals surface area contributed by atoms with Gasteiger partial charge in [-0.05, 0) is 90.1 Å². The molecular formula is C42H26OS. The lowest BCUT2D eigenvalue weighted by atomic mass is 9.86. The van der Waals surface area contributed by atoms with Gasteiger partial charge in [-0.1, -0.05) is 116 Å². The Labute approximate surface area is 257 Å². The molecule has 0 spiro atoms.